The van der Waals surface area contributed by atoms with Crippen molar-refractivity contribution in [1.29, 1.82) is 0 Å². The molecule has 0 bridgehead atoms. The molecular weight excluding hydrogens is 594 g/mol. The van der Waals surface area contributed by atoms with Crippen molar-refractivity contribution in [2.75, 3.05) is 33.4 Å². The van der Waals surface area contributed by atoms with E-state index in [9.17, 15) is 9.90 Å². The number of ether oxygens (including phenoxy) is 2. The SMILES string of the molecule is CC[C@](O)(c1cc(F)c2c(c1)C(=O)N(Cc1ncc(Cl)cn1)[C@@]2(O[C@H]1CCOC1)c1ccc(Cl)cc1)C1CCN(C)CC1. The standard InChI is InChI=1S/C32H35Cl2FN4O4/c1-3-31(41,20-8-11-38(2)12-9-20)22-14-26-29(27(35)15-22)32(43-25-10-13-42-19-25,21-4-6-23(33)7-5-21)39(30(26)40)18-28-36-16-24(34)17-37-28/h4-7,14-17,20,25,41H,3,8-13,18-19H2,1-2H3/t25-,31+,32+/m0/s1. The van der Waals surface area contributed by atoms with E-state index in [1.807, 2.05) is 6.92 Å². The molecule has 1 N–H and O–H groups in total. The van der Waals surface area contributed by atoms with Crippen LogP contribution in [0.5, 0.6) is 0 Å². The number of benzene rings is 2. The van der Waals surface area contributed by atoms with E-state index >= 15 is 4.39 Å². The number of amides is 1. The summed E-state index contributed by atoms with van der Waals surface area (Å²) < 4.78 is 29.2. The first kappa shape index (κ1) is 30.4. The largest absolute Gasteiger partial charge is 0.385 e. The van der Waals surface area contributed by atoms with Gasteiger partial charge in [0.05, 0.1) is 41.0 Å². The van der Waals surface area contributed by atoms with Crippen molar-refractivity contribution in [2.24, 2.45) is 5.92 Å². The van der Waals surface area contributed by atoms with Gasteiger partial charge in [0.1, 0.15) is 11.6 Å². The van der Waals surface area contributed by atoms with Crippen LogP contribution in [0.15, 0.2) is 48.8 Å². The summed E-state index contributed by atoms with van der Waals surface area (Å²) in [5.74, 6) is -0.847. The maximum Gasteiger partial charge on any atom is 0.257 e. The second-order valence-corrected chi connectivity index (χ2v) is 12.6. The molecule has 43 heavy (non-hydrogen) atoms. The number of nitrogens with zero attached hydrogens (tertiary/aromatic N) is 4. The molecule has 3 aliphatic heterocycles. The van der Waals surface area contributed by atoms with Crippen molar-refractivity contribution < 1.29 is 23.8 Å². The molecule has 8 nitrogen and oxygen atoms in total. The number of carbonyl (C=O) groups excluding carboxylic acids is 1. The Morgan fingerprint density at radius 2 is 1.81 bits per heavy atom. The fourth-order valence-electron chi connectivity index (χ4n) is 6.77. The highest BCUT2D eigenvalue weighted by Crippen LogP contribution is 2.50. The van der Waals surface area contributed by atoms with Crippen molar-refractivity contribution in [1.82, 2.24) is 19.8 Å². The van der Waals surface area contributed by atoms with E-state index in [1.54, 1.807) is 30.3 Å². The average Bonchev–Trinajstić information content (AvgIpc) is 3.60. The number of likely N-dealkylation sites (tertiary alicyclic amines) is 1. The topological polar surface area (TPSA) is 88.0 Å². The predicted molar refractivity (Wildman–Crippen MR) is 160 cm³/mol. The fraction of sp³-hybridized carbons (Fsp3) is 0.469. The Hall–Kier alpha value is -2.66. The van der Waals surface area contributed by atoms with Gasteiger partial charge in [-0.05, 0) is 81.6 Å². The Balaban J connectivity index is 1.54. The zero-order valence-electron chi connectivity index (χ0n) is 24.2. The molecule has 1 amide bonds. The molecule has 3 aromatic rings. The van der Waals surface area contributed by atoms with E-state index in [-0.39, 0.29) is 23.6 Å². The van der Waals surface area contributed by atoms with Crippen molar-refractivity contribution >= 4 is 29.1 Å². The highest BCUT2D eigenvalue weighted by atomic mass is 35.5. The second kappa shape index (κ2) is 12.0. The average molecular weight is 630 g/mol. The van der Waals surface area contributed by atoms with Gasteiger partial charge in [0.15, 0.2) is 0 Å². The molecule has 0 radical (unpaired) electrons. The van der Waals surface area contributed by atoms with Gasteiger partial charge in [-0.1, -0.05) is 42.3 Å². The number of aliphatic hydroxyl groups is 1. The summed E-state index contributed by atoms with van der Waals surface area (Å²) in [5.41, 5.74) is -1.82. The van der Waals surface area contributed by atoms with Crippen LogP contribution in [0.4, 0.5) is 4.39 Å². The van der Waals surface area contributed by atoms with Crippen LogP contribution >= 0.6 is 23.2 Å². The molecule has 4 heterocycles. The maximum absolute atomic E-state index is 16.8. The van der Waals surface area contributed by atoms with E-state index < -0.39 is 29.2 Å². The number of fused-ring (bicyclic) bond motifs is 1. The molecular formula is C32H35Cl2FN4O4. The maximum atomic E-state index is 16.8. The van der Waals surface area contributed by atoms with Gasteiger partial charge in [-0.15, -0.1) is 0 Å². The minimum Gasteiger partial charge on any atom is -0.385 e. The molecule has 2 fully saturated rings. The predicted octanol–water partition coefficient (Wildman–Crippen LogP) is 5.52. The number of aromatic nitrogens is 2. The molecule has 1 aromatic heterocycles. The molecule has 0 unspecified atom stereocenters. The number of piperidine rings is 1. The Kier molecular flexibility index (Phi) is 8.49. The van der Waals surface area contributed by atoms with Crippen LogP contribution in [-0.2, 0) is 27.3 Å². The lowest BCUT2D eigenvalue weighted by Crippen LogP contribution is -2.49. The van der Waals surface area contributed by atoms with Gasteiger partial charge in [0.2, 0.25) is 5.72 Å². The van der Waals surface area contributed by atoms with Crippen LogP contribution in [-0.4, -0.2) is 70.2 Å². The molecule has 0 spiro atoms. The summed E-state index contributed by atoms with van der Waals surface area (Å²) in [5, 5.41) is 12.9. The lowest BCUT2D eigenvalue weighted by atomic mass is 9.73. The molecule has 6 rings (SSSR count). The molecule has 3 atom stereocenters. The highest BCUT2D eigenvalue weighted by molar-refractivity contribution is 6.30. The first-order valence-corrected chi connectivity index (χ1v) is 15.5. The van der Waals surface area contributed by atoms with Crippen LogP contribution in [0, 0.1) is 11.7 Å². The number of hydrogen-bond acceptors (Lipinski definition) is 7. The molecule has 2 saturated heterocycles. The lowest BCUT2D eigenvalue weighted by Gasteiger charge is -2.41. The first-order chi connectivity index (χ1) is 20.7. The third-order valence-corrected chi connectivity index (χ3v) is 9.60. The summed E-state index contributed by atoms with van der Waals surface area (Å²) in [6.07, 6.45) is 5.00. The third kappa shape index (κ3) is 5.45. The Morgan fingerprint density at radius 3 is 2.44 bits per heavy atom. The van der Waals surface area contributed by atoms with Crippen LogP contribution in [0.25, 0.3) is 0 Å². The minimum absolute atomic E-state index is 0.0749. The van der Waals surface area contributed by atoms with Gasteiger partial charge in [-0.25, -0.2) is 14.4 Å². The monoisotopic (exact) mass is 628 g/mol. The quantitative estimate of drug-likeness (QED) is 0.351. The Bertz CT molecular complexity index is 1480. The molecule has 11 heteroatoms. The lowest BCUT2D eigenvalue weighted by molar-refractivity contribution is -0.149. The van der Waals surface area contributed by atoms with E-state index in [0.717, 1.165) is 25.9 Å². The fourth-order valence-corrected chi connectivity index (χ4v) is 6.99. The Labute approximate surface area is 260 Å². The van der Waals surface area contributed by atoms with Crippen molar-refractivity contribution in [3.63, 3.8) is 0 Å². The number of hydrogen-bond donors (Lipinski definition) is 1. The summed E-state index contributed by atoms with van der Waals surface area (Å²) in [6.45, 7) is 4.29. The van der Waals surface area contributed by atoms with Crippen LogP contribution in [0.3, 0.4) is 0 Å². The highest BCUT2D eigenvalue weighted by Gasteiger charge is 2.56. The van der Waals surface area contributed by atoms with E-state index in [1.165, 1.54) is 23.4 Å². The summed E-state index contributed by atoms with van der Waals surface area (Å²) in [4.78, 5) is 26.8. The number of halogens is 3. The van der Waals surface area contributed by atoms with Crippen molar-refractivity contribution in [2.45, 2.75) is 56.6 Å². The van der Waals surface area contributed by atoms with E-state index in [2.05, 4.69) is 21.9 Å². The first-order valence-electron chi connectivity index (χ1n) is 14.7. The molecule has 228 valence electrons. The zero-order chi connectivity index (χ0) is 30.4. The van der Waals surface area contributed by atoms with Crippen LogP contribution in [0.1, 0.15) is 65.5 Å². The summed E-state index contributed by atoms with van der Waals surface area (Å²) in [7, 11) is 2.06. The number of rotatable bonds is 8. The third-order valence-electron chi connectivity index (χ3n) is 9.15. The van der Waals surface area contributed by atoms with Crippen molar-refractivity contribution in [3.05, 3.63) is 92.7 Å². The smallest absolute Gasteiger partial charge is 0.257 e. The molecule has 0 aliphatic carbocycles. The van der Waals surface area contributed by atoms with Crippen LogP contribution < -0.4 is 0 Å². The van der Waals surface area contributed by atoms with Gasteiger partial charge in [0.25, 0.3) is 5.91 Å². The van der Waals surface area contributed by atoms with Crippen LogP contribution in [0.2, 0.25) is 10.0 Å². The molecule has 0 saturated carbocycles. The second-order valence-electron chi connectivity index (χ2n) is 11.7. The van der Waals surface area contributed by atoms with Gasteiger partial charge < -0.3 is 19.5 Å². The van der Waals surface area contributed by atoms with Gasteiger partial charge in [-0.3, -0.25) is 9.69 Å². The normalized spacial score (nSPS) is 24.4. The summed E-state index contributed by atoms with van der Waals surface area (Å²) >= 11 is 12.3. The van der Waals surface area contributed by atoms with Gasteiger partial charge >= 0.3 is 0 Å². The molecule has 2 aromatic carbocycles. The van der Waals surface area contributed by atoms with E-state index in [0.29, 0.717) is 53.1 Å². The summed E-state index contributed by atoms with van der Waals surface area (Å²) in [6, 6.07) is 9.90. The molecule has 3 aliphatic rings. The van der Waals surface area contributed by atoms with Gasteiger partial charge in [-0.2, -0.15) is 0 Å². The van der Waals surface area contributed by atoms with E-state index in [4.69, 9.17) is 32.7 Å². The Morgan fingerprint density at radius 1 is 1.12 bits per heavy atom. The zero-order valence-corrected chi connectivity index (χ0v) is 25.7. The van der Waals surface area contributed by atoms with Crippen molar-refractivity contribution in [3.8, 4) is 0 Å². The van der Waals surface area contributed by atoms with Gasteiger partial charge in [0, 0.05) is 29.6 Å². The minimum atomic E-state index is -1.67. The number of carbonyl (C=O) groups is 1.